The average Bonchev–Trinajstić information content (AvgIpc) is 3.62. The quantitative estimate of drug-likeness (QED) is 0.610. The van der Waals surface area contributed by atoms with E-state index >= 15 is 0 Å². The van der Waals surface area contributed by atoms with Gasteiger partial charge >= 0.3 is 0 Å². The number of hydrogen-bond donors (Lipinski definition) is 2. The molecule has 0 unspecified atom stereocenters. The summed E-state index contributed by atoms with van der Waals surface area (Å²) in [5.41, 5.74) is 0.741. The molecule has 1 aliphatic heterocycles. The fourth-order valence-corrected chi connectivity index (χ4v) is 4.64. The second-order valence-corrected chi connectivity index (χ2v) is 8.92. The van der Waals surface area contributed by atoms with Gasteiger partial charge in [-0.25, -0.2) is 13.8 Å². The molecule has 1 aliphatic carbocycles. The van der Waals surface area contributed by atoms with Crippen LogP contribution in [0.1, 0.15) is 47.2 Å². The summed E-state index contributed by atoms with van der Waals surface area (Å²) < 4.78 is 27.5. The summed E-state index contributed by atoms with van der Waals surface area (Å²) >= 11 is 6.15. The number of carbonyl (C=O) groups is 1. The lowest BCUT2D eigenvalue weighted by atomic mass is 9.94. The third-order valence-corrected chi connectivity index (χ3v) is 6.71. The van der Waals surface area contributed by atoms with Gasteiger partial charge in [0.05, 0.1) is 23.2 Å². The van der Waals surface area contributed by atoms with Crippen LogP contribution in [0.15, 0.2) is 47.3 Å². The number of aliphatic hydroxyl groups excluding tert-OH is 1. The molecule has 3 aromatic rings. The molecule has 1 saturated carbocycles. The Morgan fingerprint density at radius 2 is 1.97 bits per heavy atom. The highest BCUT2D eigenvalue weighted by molar-refractivity contribution is 6.30. The number of nitrogens with zero attached hydrogens (tertiary/aromatic N) is 2. The van der Waals surface area contributed by atoms with Crippen molar-refractivity contribution >= 4 is 17.5 Å². The van der Waals surface area contributed by atoms with Crippen molar-refractivity contribution in [3.63, 3.8) is 0 Å². The Labute approximate surface area is 192 Å². The molecule has 1 fully saturated rings. The fraction of sp³-hybridized carbons (Fsp3) is 0.292. The Kier molecular flexibility index (Phi) is 5.29. The number of aromatic amines is 1. The monoisotopic (exact) mass is 471 g/mol. The molecule has 33 heavy (non-hydrogen) atoms. The van der Waals surface area contributed by atoms with Crippen molar-refractivity contribution in [1.82, 2.24) is 14.9 Å². The minimum absolute atomic E-state index is 0.0745. The summed E-state index contributed by atoms with van der Waals surface area (Å²) in [4.78, 5) is 34.6. The molecule has 2 aliphatic rings. The summed E-state index contributed by atoms with van der Waals surface area (Å²) in [6.07, 6.45) is 0.115. The van der Waals surface area contributed by atoms with Gasteiger partial charge in [-0.05, 0) is 36.6 Å². The van der Waals surface area contributed by atoms with Gasteiger partial charge in [-0.2, -0.15) is 0 Å². The van der Waals surface area contributed by atoms with E-state index in [1.807, 2.05) is 18.2 Å². The number of fused-ring (bicyclic) bond motifs is 1. The predicted octanol–water partition coefficient (Wildman–Crippen LogP) is 3.40. The number of hydrogen-bond acceptors (Lipinski definition) is 4. The number of carbonyl (C=O) groups excluding carboxylic acids is 1. The number of H-pyrrole nitrogens is 1. The molecule has 2 heterocycles. The number of nitrogens with one attached hydrogen (secondary N) is 1. The Balaban J connectivity index is 1.41. The van der Waals surface area contributed by atoms with Crippen molar-refractivity contribution in [2.75, 3.05) is 6.54 Å². The van der Waals surface area contributed by atoms with Gasteiger partial charge in [-0.15, -0.1) is 0 Å². The fourth-order valence-electron chi connectivity index (χ4n) is 4.45. The van der Waals surface area contributed by atoms with Crippen molar-refractivity contribution in [2.45, 2.75) is 37.3 Å². The van der Waals surface area contributed by atoms with Gasteiger partial charge in [-0.3, -0.25) is 9.59 Å². The van der Waals surface area contributed by atoms with Crippen LogP contribution in [0.5, 0.6) is 0 Å². The third kappa shape index (κ3) is 3.73. The van der Waals surface area contributed by atoms with Crippen molar-refractivity contribution in [3.8, 4) is 0 Å². The smallest absolute Gasteiger partial charge is 0.256 e. The molecule has 1 amide bonds. The van der Waals surface area contributed by atoms with E-state index in [0.717, 1.165) is 30.5 Å². The van der Waals surface area contributed by atoms with Crippen molar-refractivity contribution in [1.29, 1.82) is 0 Å². The molecule has 0 spiro atoms. The minimum Gasteiger partial charge on any atom is -0.378 e. The molecule has 0 saturated heterocycles. The summed E-state index contributed by atoms with van der Waals surface area (Å²) in [6.45, 7) is 0.120. The number of amides is 1. The van der Waals surface area contributed by atoms with Crippen LogP contribution in [0, 0.1) is 11.6 Å². The number of benzene rings is 2. The Hall–Kier alpha value is -3.10. The van der Waals surface area contributed by atoms with Crippen LogP contribution in [-0.4, -0.2) is 32.4 Å². The van der Waals surface area contributed by atoms with E-state index in [1.165, 1.54) is 11.0 Å². The molecule has 170 valence electrons. The van der Waals surface area contributed by atoms with E-state index in [2.05, 4.69) is 4.98 Å². The molecule has 9 heteroatoms. The highest BCUT2D eigenvalue weighted by Gasteiger charge is 2.49. The van der Waals surface area contributed by atoms with E-state index < -0.39 is 29.2 Å². The molecule has 1 atom stereocenters. The first kappa shape index (κ1) is 21.7. The van der Waals surface area contributed by atoms with Crippen LogP contribution >= 0.6 is 11.6 Å². The highest BCUT2D eigenvalue weighted by atomic mass is 35.5. The molecule has 5 rings (SSSR count). The Morgan fingerprint density at radius 3 is 2.70 bits per heavy atom. The van der Waals surface area contributed by atoms with E-state index in [4.69, 9.17) is 16.6 Å². The van der Waals surface area contributed by atoms with E-state index in [1.54, 1.807) is 6.07 Å². The van der Waals surface area contributed by atoms with E-state index in [0.29, 0.717) is 28.5 Å². The second-order valence-electron chi connectivity index (χ2n) is 8.49. The first-order valence-electron chi connectivity index (χ1n) is 10.6. The standard InChI is InChI=1S/C24H20ClF2N3O3/c25-14-4-1-3-13(11-14)24(8-9-24)23-28-18-7-10-30(12-16(18)21(32)29-23)22(33)20(31)15-5-2-6-17(26)19(15)27/h1-6,11,20,31H,7-10,12H2,(H,28,29,32)/t20-/m1/s1. The molecule has 1 aromatic heterocycles. The largest absolute Gasteiger partial charge is 0.378 e. The molecule has 6 nitrogen and oxygen atoms in total. The second kappa shape index (κ2) is 8.04. The van der Waals surface area contributed by atoms with Gasteiger partial charge in [0.2, 0.25) is 0 Å². The topological polar surface area (TPSA) is 86.3 Å². The number of aromatic nitrogens is 2. The van der Waals surface area contributed by atoms with Gasteiger partial charge in [0, 0.05) is 23.6 Å². The SMILES string of the molecule is O=C([C@H](O)c1cccc(F)c1F)N1CCc2nc(C3(c4cccc(Cl)c4)CC3)[nH]c(=O)c2C1. The number of rotatable bonds is 4. The Morgan fingerprint density at radius 1 is 1.21 bits per heavy atom. The summed E-state index contributed by atoms with van der Waals surface area (Å²) in [5, 5.41) is 11.0. The molecule has 0 radical (unpaired) electrons. The maximum Gasteiger partial charge on any atom is 0.256 e. The van der Waals surface area contributed by atoms with Gasteiger partial charge in [0.15, 0.2) is 17.7 Å². The summed E-state index contributed by atoms with van der Waals surface area (Å²) in [6, 6.07) is 10.8. The zero-order chi connectivity index (χ0) is 23.3. The van der Waals surface area contributed by atoms with E-state index in [-0.39, 0.29) is 24.1 Å². The minimum atomic E-state index is -1.87. The van der Waals surface area contributed by atoms with E-state index in [9.17, 15) is 23.5 Å². The van der Waals surface area contributed by atoms with Gasteiger partial charge in [0.25, 0.3) is 11.5 Å². The Bertz CT molecular complexity index is 1320. The first-order valence-corrected chi connectivity index (χ1v) is 11.0. The summed E-state index contributed by atoms with van der Waals surface area (Å²) in [5.74, 6) is -2.64. The normalized spacial score (nSPS) is 17.4. The van der Waals surface area contributed by atoms with Crippen LogP contribution < -0.4 is 5.56 Å². The van der Waals surface area contributed by atoms with Crippen molar-refractivity contribution in [3.05, 3.63) is 97.7 Å². The molecule has 2 aromatic carbocycles. The molecule has 0 bridgehead atoms. The zero-order valence-corrected chi connectivity index (χ0v) is 18.2. The average molecular weight is 472 g/mol. The maximum atomic E-state index is 14.0. The molecule has 2 N–H and O–H groups in total. The molecular formula is C24H20ClF2N3O3. The number of aliphatic hydroxyl groups is 1. The lowest BCUT2D eigenvalue weighted by Gasteiger charge is -2.30. The van der Waals surface area contributed by atoms with Crippen molar-refractivity contribution < 1.29 is 18.7 Å². The first-order chi connectivity index (χ1) is 15.8. The maximum absolute atomic E-state index is 14.0. The van der Waals surface area contributed by atoms with Crippen molar-refractivity contribution in [2.24, 2.45) is 0 Å². The number of halogens is 3. The summed E-state index contributed by atoms with van der Waals surface area (Å²) in [7, 11) is 0. The van der Waals surface area contributed by atoms with Crippen LogP contribution in [0.3, 0.4) is 0 Å². The van der Waals surface area contributed by atoms with Gasteiger partial charge in [0.1, 0.15) is 5.82 Å². The van der Waals surface area contributed by atoms with Crippen LogP contribution in [0.25, 0.3) is 0 Å². The van der Waals surface area contributed by atoms with Crippen LogP contribution in [-0.2, 0) is 23.2 Å². The van der Waals surface area contributed by atoms with Gasteiger partial charge < -0.3 is 15.0 Å². The predicted molar refractivity (Wildman–Crippen MR) is 117 cm³/mol. The van der Waals surface area contributed by atoms with Crippen LogP contribution in [0.2, 0.25) is 5.02 Å². The highest BCUT2D eigenvalue weighted by Crippen LogP contribution is 2.52. The van der Waals surface area contributed by atoms with Gasteiger partial charge in [-0.1, -0.05) is 35.9 Å². The third-order valence-electron chi connectivity index (χ3n) is 6.47. The lowest BCUT2D eigenvalue weighted by Crippen LogP contribution is -2.42. The zero-order valence-electron chi connectivity index (χ0n) is 17.4. The van der Waals surface area contributed by atoms with Crippen LogP contribution in [0.4, 0.5) is 8.78 Å². The lowest BCUT2D eigenvalue weighted by molar-refractivity contribution is -0.141. The molecular weight excluding hydrogens is 452 g/mol.